The van der Waals surface area contributed by atoms with E-state index in [2.05, 4.69) is 48.1 Å². The number of fused-ring (bicyclic) bond motifs is 7. The fourth-order valence-corrected chi connectivity index (χ4v) is 11.1. The molecule has 0 saturated heterocycles. The van der Waals surface area contributed by atoms with Gasteiger partial charge in [-0.3, -0.25) is 4.79 Å². The van der Waals surface area contributed by atoms with E-state index in [-0.39, 0.29) is 45.0 Å². The molecule has 10 atom stereocenters. The molecule has 33 heavy (non-hydrogen) atoms. The van der Waals surface area contributed by atoms with Crippen LogP contribution in [-0.2, 0) is 4.79 Å². The molecule has 0 bridgehead atoms. The minimum atomic E-state index is -0.919. The highest BCUT2D eigenvalue weighted by Gasteiger charge is 2.74. The van der Waals surface area contributed by atoms with Crippen molar-refractivity contribution >= 4 is 5.78 Å². The van der Waals surface area contributed by atoms with Crippen LogP contribution in [0, 0.1) is 50.7 Å². The molecule has 0 aliphatic heterocycles. The minimum absolute atomic E-state index is 0.0123. The molecule has 3 nitrogen and oxygen atoms in total. The normalized spacial score (nSPS) is 57.5. The summed E-state index contributed by atoms with van der Waals surface area (Å²) >= 11 is 0. The van der Waals surface area contributed by atoms with Crippen LogP contribution in [0.15, 0.2) is 12.2 Å². The van der Waals surface area contributed by atoms with Crippen molar-refractivity contribution in [2.75, 3.05) is 0 Å². The van der Waals surface area contributed by atoms with Crippen molar-refractivity contribution in [1.29, 1.82) is 0 Å². The Morgan fingerprint density at radius 3 is 2.15 bits per heavy atom. The van der Waals surface area contributed by atoms with E-state index in [9.17, 15) is 15.0 Å². The largest absolute Gasteiger partial charge is 0.393 e. The zero-order chi connectivity index (χ0) is 24.4. The molecule has 5 fully saturated rings. The Balaban J connectivity index is 1.62. The lowest BCUT2D eigenvalue weighted by Gasteiger charge is -2.72. The summed E-state index contributed by atoms with van der Waals surface area (Å²) in [5.74, 6) is 1.12. The number of carbonyl (C=O) groups excluding carboxylic acids is 1. The molecule has 3 heteroatoms. The number of Topliss-reactive ketones (excluding diaryl/α,β-unsaturated/α-hetero) is 1. The molecule has 0 unspecified atom stereocenters. The van der Waals surface area contributed by atoms with Crippen LogP contribution in [0.5, 0.6) is 0 Å². The number of ketones is 1. The van der Waals surface area contributed by atoms with Gasteiger partial charge in [-0.05, 0) is 103 Å². The van der Waals surface area contributed by atoms with E-state index in [1.807, 2.05) is 6.92 Å². The van der Waals surface area contributed by atoms with Gasteiger partial charge in [-0.25, -0.2) is 0 Å². The first-order valence-electron chi connectivity index (χ1n) is 13.7. The zero-order valence-corrected chi connectivity index (χ0v) is 22.3. The number of rotatable bonds is 1. The summed E-state index contributed by atoms with van der Waals surface area (Å²) < 4.78 is 0. The summed E-state index contributed by atoms with van der Waals surface area (Å²) in [6, 6.07) is 0. The highest BCUT2D eigenvalue weighted by molar-refractivity contribution is 5.84. The van der Waals surface area contributed by atoms with Crippen LogP contribution >= 0.6 is 0 Å². The summed E-state index contributed by atoms with van der Waals surface area (Å²) in [5.41, 5.74) is -0.0906. The van der Waals surface area contributed by atoms with E-state index in [4.69, 9.17) is 0 Å². The molecule has 0 aromatic carbocycles. The van der Waals surface area contributed by atoms with Gasteiger partial charge in [0.2, 0.25) is 0 Å². The molecule has 186 valence electrons. The quantitative estimate of drug-likeness (QED) is 0.454. The van der Waals surface area contributed by atoms with Crippen LogP contribution in [0.2, 0.25) is 0 Å². The molecule has 0 amide bonds. The highest BCUT2D eigenvalue weighted by Crippen LogP contribution is 2.77. The lowest BCUT2D eigenvalue weighted by atomic mass is 9.32. The Labute approximate surface area is 201 Å². The molecular weight excluding hydrogens is 408 g/mol. The van der Waals surface area contributed by atoms with Crippen molar-refractivity contribution < 1.29 is 15.0 Å². The first-order chi connectivity index (χ1) is 15.1. The fourth-order valence-electron chi connectivity index (χ4n) is 11.1. The SMILES string of the molecule is C=C(C)[C@]1(O)CC[C@]2(C)CC[C@]3(C)[C@H](C(=O)C[C@@H]4[C@@]5(C)CC[C@H](O)C(C)(C)[C@@H]5CC[C@]43C)[C@H]21. The third-order valence-corrected chi connectivity index (χ3v) is 13.4. The van der Waals surface area contributed by atoms with Crippen LogP contribution in [-0.4, -0.2) is 27.7 Å². The van der Waals surface area contributed by atoms with Gasteiger partial charge < -0.3 is 10.2 Å². The average Bonchev–Trinajstić information content (AvgIpc) is 3.00. The van der Waals surface area contributed by atoms with Gasteiger partial charge in [-0.1, -0.05) is 48.1 Å². The van der Waals surface area contributed by atoms with Crippen LogP contribution < -0.4 is 0 Å². The Kier molecular flexibility index (Phi) is 4.92. The lowest BCUT2D eigenvalue weighted by Crippen LogP contribution is -2.69. The van der Waals surface area contributed by atoms with E-state index in [0.717, 1.165) is 56.9 Å². The standard InChI is InChI=1S/C30H48O3/c1-18(2)30(33)16-14-26(5)13-15-29(8)23(24(26)30)19(31)17-21-27(6)11-10-22(32)25(3,4)20(27)9-12-28(21,29)7/h20-24,32-33H,1,9-17H2,2-8H3/t20-,21+,22-,23+,24+,26-,27-,28+,29+,30+/m0/s1. The molecular formula is C30H48O3. The van der Waals surface area contributed by atoms with Gasteiger partial charge in [0, 0.05) is 18.3 Å². The minimum Gasteiger partial charge on any atom is -0.393 e. The first kappa shape index (κ1) is 24.0. The van der Waals surface area contributed by atoms with Crippen molar-refractivity contribution in [1.82, 2.24) is 0 Å². The van der Waals surface area contributed by atoms with E-state index in [1.54, 1.807) is 0 Å². The van der Waals surface area contributed by atoms with Crippen LogP contribution in [0.25, 0.3) is 0 Å². The smallest absolute Gasteiger partial charge is 0.137 e. The van der Waals surface area contributed by atoms with Gasteiger partial charge >= 0.3 is 0 Å². The van der Waals surface area contributed by atoms with Gasteiger partial charge in [-0.15, -0.1) is 0 Å². The molecule has 0 aromatic rings. The molecule has 0 spiro atoms. The molecule has 0 heterocycles. The summed E-state index contributed by atoms with van der Waals surface area (Å²) in [4.78, 5) is 14.3. The maximum absolute atomic E-state index is 14.3. The Morgan fingerprint density at radius 1 is 0.879 bits per heavy atom. The number of hydrogen-bond acceptors (Lipinski definition) is 3. The molecule has 0 aromatic heterocycles. The third-order valence-electron chi connectivity index (χ3n) is 13.4. The number of carbonyl (C=O) groups is 1. The number of hydrogen-bond donors (Lipinski definition) is 2. The second kappa shape index (κ2) is 6.75. The third kappa shape index (κ3) is 2.68. The molecule has 2 N–H and O–H groups in total. The van der Waals surface area contributed by atoms with Crippen molar-refractivity contribution in [2.45, 2.75) is 118 Å². The number of aliphatic hydroxyl groups excluding tert-OH is 1. The predicted octanol–water partition coefficient (Wildman–Crippen LogP) is 6.32. The van der Waals surface area contributed by atoms with Gasteiger partial charge in [0.15, 0.2) is 0 Å². The maximum Gasteiger partial charge on any atom is 0.137 e. The number of aliphatic hydroxyl groups is 2. The Hall–Kier alpha value is -0.670. The molecule has 5 rings (SSSR count). The fraction of sp³-hybridized carbons (Fsp3) is 0.900. The second-order valence-corrected chi connectivity index (χ2v) is 14.8. The van der Waals surface area contributed by atoms with Crippen molar-refractivity contribution in [3.63, 3.8) is 0 Å². The molecule has 5 aliphatic carbocycles. The van der Waals surface area contributed by atoms with Gasteiger partial charge in [0.1, 0.15) is 5.78 Å². The Morgan fingerprint density at radius 2 is 1.52 bits per heavy atom. The molecule has 5 saturated carbocycles. The summed E-state index contributed by atoms with van der Waals surface area (Å²) in [6.45, 7) is 20.4. The van der Waals surface area contributed by atoms with E-state index in [0.29, 0.717) is 24.0 Å². The predicted molar refractivity (Wildman–Crippen MR) is 132 cm³/mol. The van der Waals surface area contributed by atoms with Gasteiger partial charge in [0.25, 0.3) is 0 Å². The van der Waals surface area contributed by atoms with E-state index < -0.39 is 5.60 Å². The van der Waals surface area contributed by atoms with Crippen LogP contribution in [0.1, 0.15) is 106 Å². The van der Waals surface area contributed by atoms with E-state index in [1.165, 1.54) is 0 Å². The summed E-state index contributed by atoms with van der Waals surface area (Å²) in [7, 11) is 0. The molecule has 5 aliphatic rings. The van der Waals surface area contributed by atoms with Crippen molar-refractivity contribution in [3.05, 3.63) is 12.2 Å². The highest BCUT2D eigenvalue weighted by atomic mass is 16.3. The van der Waals surface area contributed by atoms with Gasteiger partial charge in [0.05, 0.1) is 11.7 Å². The van der Waals surface area contributed by atoms with E-state index >= 15 is 0 Å². The Bertz CT molecular complexity index is 891. The van der Waals surface area contributed by atoms with Crippen LogP contribution in [0.3, 0.4) is 0 Å². The first-order valence-corrected chi connectivity index (χ1v) is 13.7. The monoisotopic (exact) mass is 456 g/mol. The second-order valence-electron chi connectivity index (χ2n) is 14.8. The topological polar surface area (TPSA) is 57.5 Å². The van der Waals surface area contributed by atoms with Crippen molar-refractivity contribution in [2.24, 2.45) is 50.7 Å². The van der Waals surface area contributed by atoms with Gasteiger partial charge in [-0.2, -0.15) is 0 Å². The maximum atomic E-state index is 14.3. The lowest BCUT2D eigenvalue weighted by molar-refractivity contribution is -0.244. The van der Waals surface area contributed by atoms with Crippen molar-refractivity contribution in [3.8, 4) is 0 Å². The van der Waals surface area contributed by atoms with Crippen LogP contribution in [0.4, 0.5) is 0 Å². The molecule has 0 radical (unpaired) electrons. The summed E-state index contributed by atoms with van der Waals surface area (Å²) in [5, 5.41) is 22.8. The average molecular weight is 457 g/mol. The zero-order valence-electron chi connectivity index (χ0n) is 22.3. The summed E-state index contributed by atoms with van der Waals surface area (Å²) in [6.07, 6.45) is 8.45.